The van der Waals surface area contributed by atoms with Gasteiger partial charge in [0.2, 0.25) is 0 Å². The van der Waals surface area contributed by atoms with Crippen molar-refractivity contribution < 1.29 is 0 Å². The molecule has 0 radical (unpaired) electrons. The van der Waals surface area contributed by atoms with Gasteiger partial charge in [-0.15, -0.1) is 19.7 Å². The van der Waals surface area contributed by atoms with E-state index in [4.69, 9.17) is 0 Å². The van der Waals surface area contributed by atoms with Crippen molar-refractivity contribution in [3.8, 4) is 0 Å². The number of nitrogens with one attached hydrogen (secondary N) is 1. The van der Waals surface area contributed by atoms with Gasteiger partial charge in [0.25, 0.3) is 0 Å². The monoisotopic (exact) mass is 113 g/mol. The van der Waals surface area contributed by atoms with Crippen molar-refractivity contribution in [3.05, 3.63) is 25.8 Å². The molecule has 48 valence electrons. The minimum atomic E-state index is 0.927. The Morgan fingerprint density at radius 1 is 1.50 bits per heavy atom. The first-order chi connectivity index (χ1) is 3.91. The smallest absolute Gasteiger partial charge is 0.0132 e. The van der Waals surface area contributed by atoms with Gasteiger partial charge in [-0.3, -0.25) is 0 Å². The van der Waals surface area contributed by atoms with Crippen molar-refractivity contribution in [1.82, 2.24) is 5.32 Å². The summed E-state index contributed by atoms with van der Waals surface area (Å²) in [7, 11) is 0. The molecule has 1 nitrogen and oxygen atoms in total. The van der Waals surface area contributed by atoms with E-state index in [2.05, 4.69) is 32.0 Å². The van der Waals surface area contributed by atoms with Gasteiger partial charge in [0.1, 0.15) is 0 Å². The van der Waals surface area contributed by atoms with E-state index in [1.165, 1.54) is 0 Å². The minimum Gasteiger partial charge on any atom is -0.314 e. The van der Waals surface area contributed by atoms with Crippen LogP contribution in [0.15, 0.2) is 25.8 Å². The van der Waals surface area contributed by atoms with Crippen LogP contribution < -0.4 is 5.32 Å². The summed E-state index contributed by atoms with van der Waals surface area (Å²) >= 11 is 0. The van der Waals surface area contributed by atoms with Gasteiger partial charge in [0, 0.05) is 6.54 Å². The Morgan fingerprint density at radius 3 is 2.12 bits per heavy atom. The van der Waals surface area contributed by atoms with E-state index in [1.54, 1.807) is 0 Å². The quantitative estimate of drug-likeness (QED) is 0.433. The molecule has 0 aliphatic heterocycles. The van der Waals surface area contributed by atoms with E-state index >= 15 is 0 Å². The maximum absolute atomic E-state index is 3.54. The SMILES string of the molecule is C=C.C=CCNCC. The molecule has 1 heteroatoms. The van der Waals surface area contributed by atoms with Crippen LogP contribution in [0.2, 0.25) is 0 Å². The lowest BCUT2D eigenvalue weighted by Gasteiger charge is -1.88. The lowest BCUT2D eigenvalue weighted by Crippen LogP contribution is -2.10. The third kappa shape index (κ3) is 18.0. The molecule has 0 bridgehead atoms. The zero-order valence-electron chi connectivity index (χ0n) is 5.61. The molecule has 0 heterocycles. The maximum Gasteiger partial charge on any atom is 0.0132 e. The number of rotatable bonds is 3. The Labute approximate surface area is 52.1 Å². The summed E-state index contributed by atoms with van der Waals surface area (Å²) in [6.07, 6.45) is 1.85. The molecule has 8 heavy (non-hydrogen) atoms. The maximum atomic E-state index is 3.54. The van der Waals surface area contributed by atoms with Gasteiger partial charge < -0.3 is 5.32 Å². The first kappa shape index (κ1) is 10.4. The van der Waals surface area contributed by atoms with Crippen LogP contribution in [0.3, 0.4) is 0 Å². The molecule has 0 saturated heterocycles. The normalized spacial score (nSPS) is 6.62. The van der Waals surface area contributed by atoms with Gasteiger partial charge in [0.15, 0.2) is 0 Å². The van der Waals surface area contributed by atoms with Crippen LogP contribution in [0.1, 0.15) is 6.92 Å². The van der Waals surface area contributed by atoms with Crippen molar-refractivity contribution in [1.29, 1.82) is 0 Å². The Balaban J connectivity index is 0. The van der Waals surface area contributed by atoms with Gasteiger partial charge in [-0.1, -0.05) is 13.0 Å². The lowest BCUT2D eigenvalue weighted by molar-refractivity contribution is 0.800. The summed E-state index contributed by atoms with van der Waals surface area (Å²) in [6.45, 7) is 13.6. The second-order valence-electron chi connectivity index (χ2n) is 1.10. The molecular weight excluding hydrogens is 98.1 g/mol. The topological polar surface area (TPSA) is 12.0 Å². The Hall–Kier alpha value is -0.560. The zero-order valence-corrected chi connectivity index (χ0v) is 5.61. The molecule has 0 saturated carbocycles. The summed E-state index contributed by atoms with van der Waals surface area (Å²) in [5, 5.41) is 3.08. The predicted molar refractivity (Wildman–Crippen MR) is 40.0 cm³/mol. The fourth-order valence-corrected chi connectivity index (χ4v) is 0.246. The van der Waals surface area contributed by atoms with Crippen LogP contribution >= 0.6 is 0 Å². The second-order valence-corrected chi connectivity index (χ2v) is 1.10. The molecule has 1 N–H and O–H groups in total. The average molecular weight is 113 g/mol. The molecule has 0 aromatic rings. The Kier molecular flexibility index (Phi) is 21.0. The molecule has 0 aliphatic carbocycles. The molecule has 0 amide bonds. The molecule has 0 atom stereocenters. The van der Waals surface area contributed by atoms with E-state index in [9.17, 15) is 0 Å². The van der Waals surface area contributed by atoms with Gasteiger partial charge in [-0.2, -0.15) is 0 Å². The number of likely N-dealkylation sites (N-methyl/N-ethyl adjacent to an activating group) is 1. The van der Waals surface area contributed by atoms with Crippen LogP contribution in [-0.2, 0) is 0 Å². The summed E-state index contributed by atoms with van der Waals surface area (Å²) < 4.78 is 0. The molecule has 0 spiro atoms. The highest BCUT2D eigenvalue weighted by atomic mass is 14.8. The molecule has 0 fully saturated rings. The molecule has 0 aromatic carbocycles. The van der Waals surface area contributed by atoms with Crippen molar-refractivity contribution >= 4 is 0 Å². The van der Waals surface area contributed by atoms with Crippen LogP contribution in [-0.4, -0.2) is 13.1 Å². The minimum absolute atomic E-state index is 0.927. The third-order valence-corrected chi connectivity index (χ3v) is 0.539. The fourth-order valence-electron chi connectivity index (χ4n) is 0.246. The van der Waals surface area contributed by atoms with E-state index in [-0.39, 0.29) is 0 Å². The first-order valence-electron chi connectivity index (χ1n) is 2.73. The van der Waals surface area contributed by atoms with Gasteiger partial charge in [0.05, 0.1) is 0 Å². The summed E-state index contributed by atoms with van der Waals surface area (Å²) in [4.78, 5) is 0. The Bertz CT molecular complexity index is 41.7. The van der Waals surface area contributed by atoms with Gasteiger partial charge in [-0.05, 0) is 6.54 Å². The summed E-state index contributed by atoms with van der Waals surface area (Å²) in [6, 6.07) is 0. The van der Waals surface area contributed by atoms with E-state index in [0.29, 0.717) is 0 Å². The fraction of sp³-hybridized carbons (Fsp3) is 0.429. The van der Waals surface area contributed by atoms with Crippen LogP contribution in [0, 0.1) is 0 Å². The first-order valence-corrected chi connectivity index (χ1v) is 2.73. The van der Waals surface area contributed by atoms with Crippen molar-refractivity contribution in [3.63, 3.8) is 0 Å². The predicted octanol–water partition coefficient (Wildman–Crippen LogP) is 1.58. The highest BCUT2D eigenvalue weighted by Crippen LogP contribution is 1.55. The molecule has 0 rings (SSSR count). The Morgan fingerprint density at radius 2 is 2.00 bits per heavy atom. The molecule has 0 aliphatic rings. The van der Waals surface area contributed by atoms with Crippen molar-refractivity contribution in [2.75, 3.05) is 13.1 Å². The molecule has 0 aromatic heterocycles. The second kappa shape index (κ2) is 16.1. The highest BCUT2D eigenvalue weighted by Gasteiger charge is 1.66. The van der Waals surface area contributed by atoms with E-state index < -0.39 is 0 Å². The average Bonchev–Trinajstić information content (AvgIpc) is 1.88. The van der Waals surface area contributed by atoms with Crippen LogP contribution in [0.4, 0.5) is 0 Å². The van der Waals surface area contributed by atoms with Crippen molar-refractivity contribution in [2.45, 2.75) is 6.92 Å². The summed E-state index contributed by atoms with van der Waals surface area (Å²) in [5.41, 5.74) is 0. The number of hydrogen-bond acceptors (Lipinski definition) is 1. The number of hydrogen-bond donors (Lipinski definition) is 1. The van der Waals surface area contributed by atoms with Crippen LogP contribution in [0.25, 0.3) is 0 Å². The van der Waals surface area contributed by atoms with Crippen LogP contribution in [0.5, 0.6) is 0 Å². The van der Waals surface area contributed by atoms with E-state index in [1.807, 2.05) is 6.08 Å². The summed E-state index contributed by atoms with van der Waals surface area (Å²) in [5.74, 6) is 0. The molecular formula is C7H15N. The van der Waals surface area contributed by atoms with Crippen molar-refractivity contribution in [2.24, 2.45) is 0 Å². The zero-order chi connectivity index (χ0) is 6.83. The standard InChI is InChI=1S/C5H11N.C2H4/c1-3-5-6-4-2;1-2/h3,6H,1,4-5H2,2H3;1-2H2. The largest absolute Gasteiger partial charge is 0.314 e. The third-order valence-electron chi connectivity index (χ3n) is 0.539. The molecule has 0 unspecified atom stereocenters. The lowest BCUT2D eigenvalue weighted by atomic mass is 10.6. The highest BCUT2D eigenvalue weighted by molar-refractivity contribution is 4.68. The van der Waals surface area contributed by atoms with Gasteiger partial charge in [-0.25, -0.2) is 0 Å². The van der Waals surface area contributed by atoms with Gasteiger partial charge >= 0.3 is 0 Å². The van der Waals surface area contributed by atoms with E-state index in [0.717, 1.165) is 13.1 Å².